The van der Waals surface area contributed by atoms with Crippen LogP contribution in [0.2, 0.25) is 0 Å². The van der Waals surface area contributed by atoms with Crippen molar-refractivity contribution in [1.82, 2.24) is 18.9 Å². The lowest BCUT2D eigenvalue weighted by molar-refractivity contribution is 0.760. The Morgan fingerprint density at radius 3 is 2.74 bits per heavy atom. The second-order valence-corrected chi connectivity index (χ2v) is 5.75. The van der Waals surface area contributed by atoms with Crippen LogP contribution in [0, 0.1) is 13.8 Å². The molecule has 0 aliphatic heterocycles. The summed E-state index contributed by atoms with van der Waals surface area (Å²) in [6.45, 7) is 4.46. The van der Waals surface area contributed by atoms with Gasteiger partial charge in [-0.05, 0) is 37.6 Å². The molecule has 0 aliphatic rings. The molecule has 0 spiro atoms. The molecular formula is C18H16N4O. The van der Waals surface area contributed by atoms with Gasteiger partial charge in [0.25, 0.3) is 5.56 Å². The first-order chi connectivity index (χ1) is 11.1. The lowest BCUT2D eigenvalue weighted by Gasteiger charge is -2.08. The van der Waals surface area contributed by atoms with Crippen LogP contribution in [0.25, 0.3) is 16.7 Å². The van der Waals surface area contributed by atoms with Crippen LogP contribution in [-0.4, -0.2) is 18.9 Å². The van der Waals surface area contributed by atoms with Crippen molar-refractivity contribution in [3.8, 4) is 0 Å². The minimum Gasteiger partial charge on any atom is -0.322 e. The molecule has 0 bridgehead atoms. The van der Waals surface area contributed by atoms with Crippen LogP contribution in [0.15, 0.2) is 53.5 Å². The van der Waals surface area contributed by atoms with Gasteiger partial charge in [-0.2, -0.15) is 0 Å². The minimum absolute atomic E-state index is 0.0595. The molecule has 3 aromatic heterocycles. The summed E-state index contributed by atoms with van der Waals surface area (Å²) in [6, 6.07) is 13.4. The topological polar surface area (TPSA) is 52.2 Å². The van der Waals surface area contributed by atoms with Gasteiger partial charge < -0.3 is 4.57 Å². The van der Waals surface area contributed by atoms with Gasteiger partial charge in [-0.25, -0.2) is 9.97 Å². The largest absolute Gasteiger partial charge is 0.322 e. The van der Waals surface area contributed by atoms with Crippen molar-refractivity contribution in [2.45, 2.75) is 20.4 Å². The monoisotopic (exact) mass is 304 g/mol. The summed E-state index contributed by atoms with van der Waals surface area (Å²) < 4.78 is 3.67. The van der Waals surface area contributed by atoms with Gasteiger partial charge in [0.15, 0.2) is 0 Å². The molecule has 3 heterocycles. The van der Waals surface area contributed by atoms with E-state index in [1.54, 1.807) is 10.5 Å². The molecule has 0 fully saturated rings. The van der Waals surface area contributed by atoms with E-state index in [9.17, 15) is 4.79 Å². The molecule has 0 unspecified atom stereocenters. The minimum atomic E-state index is -0.0595. The molecule has 4 aromatic rings. The Morgan fingerprint density at radius 2 is 1.87 bits per heavy atom. The highest BCUT2D eigenvalue weighted by molar-refractivity contribution is 5.75. The second kappa shape index (κ2) is 5.05. The molecule has 0 aliphatic carbocycles. The molecule has 0 N–H and O–H groups in total. The van der Waals surface area contributed by atoms with Crippen molar-refractivity contribution in [2.24, 2.45) is 0 Å². The number of aryl methyl sites for hydroxylation is 2. The number of rotatable bonds is 2. The van der Waals surface area contributed by atoms with E-state index in [4.69, 9.17) is 0 Å². The first kappa shape index (κ1) is 13.7. The molecule has 0 atom stereocenters. The summed E-state index contributed by atoms with van der Waals surface area (Å²) >= 11 is 0. The second-order valence-electron chi connectivity index (χ2n) is 5.75. The van der Waals surface area contributed by atoms with Gasteiger partial charge in [0, 0.05) is 12.3 Å². The predicted molar refractivity (Wildman–Crippen MR) is 89.8 cm³/mol. The smallest absolute Gasteiger partial charge is 0.258 e. The van der Waals surface area contributed by atoms with Crippen LogP contribution in [0.5, 0.6) is 0 Å². The van der Waals surface area contributed by atoms with Crippen LogP contribution in [0.1, 0.15) is 17.1 Å². The van der Waals surface area contributed by atoms with Crippen LogP contribution in [0.3, 0.4) is 0 Å². The standard InChI is InChI=1S/C18H16N4O/c1-12-7-8-17-20-14(9-18(23)22(17)10-12)11-21-13(2)19-15-5-3-4-6-16(15)21/h3-10H,11H2,1-2H3. The van der Waals surface area contributed by atoms with E-state index in [0.29, 0.717) is 12.2 Å². The van der Waals surface area contributed by atoms with Gasteiger partial charge in [-0.3, -0.25) is 9.20 Å². The van der Waals surface area contributed by atoms with Crippen molar-refractivity contribution >= 4 is 16.7 Å². The summed E-state index contributed by atoms with van der Waals surface area (Å²) in [4.78, 5) is 21.5. The zero-order chi connectivity index (χ0) is 16.0. The number of pyridine rings is 1. The summed E-state index contributed by atoms with van der Waals surface area (Å²) in [5.74, 6) is 0.914. The number of hydrogen-bond acceptors (Lipinski definition) is 3. The quantitative estimate of drug-likeness (QED) is 0.572. The number of para-hydroxylation sites is 2. The highest BCUT2D eigenvalue weighted by atomic mass is 16.1. The maximum atomic E-state index is 12.3. The Labute approximate surface area is 132 Å². The number of hydrogen-bond donors (Lipinski definition) is 0. The maximum absolute atomic E-state index is 12.3. The van der Waals surface area contributed by atoms with Gasteiger partial charge >= 0.3 is 0 Å². The van der Waals surface area contributed by atoms with Crippen LogP contribution in [0.4, 0.5) is 0 Å². The lowest BCUT2D eigenvalue weighted by Crippen LogP contribution is -2.17. The van der Waals surface area contributed by atoms with E-state index < -0.39 is 0 Å². The Kier molecular flexibility index (Phi) is 3.01. The number of benzene rings is 1. The summed E-state index contributed by atoms with van der Waals surface area (Å²) in [6.07, 6.45) is 1.81. The highest BCUT2D eigenvalue weighted by Gasteiger charge is 2.09. The van der Waals surface area contributed by atoms with Crippen molar-refractivity contribution in [2.75, 3.05) is 0 Å². The van der Waals surface area contributed by atoms with Gasteiger partial charge in [0.05, 0.1) is 23.3 Å². The summed E-state index contributed by atoms with van der Waals surface area (Å²) in [7, 11) is 0. The zero-order valence-corrected chi connectivity index (χ0v) is 13.0. The first-order valence-electron chi connectivity index (χ1n) is 7.53. The molecule has 4 rings (SSSR count). The van der Waals surface area contributed by atoms with E-state index in [1.165, 1.54) is 0 Å². The average molecular weight is 304 g/mol. The third-order valence-corrected chi connectivity index (χ3v) is 4.03. The number of imidazole rings is 1. The molecule has 5 heteroatoms. The van der Waals surface area contributed by atoms with Gasteiger partial charge in [-0.15, -0.1) is 0 Å². The van der Waals surface area contributed by atoms with Crippen molar-refractivity contribution in [3.63, 3.8) is 0 Å². The third-order valence-electron chi connectivity index (χ3n) is 4.03. The third kappa shape index (κ3) is 2.30. The number of nitrogens with zero attached hydrogens (tertiary/aromatic N) is 4. The Balaban J connectivity index is 1.85. The Morgan fingerprint density at radius 1 is 1.04 bits per heavy atom. The van der Waals surface area contributed by atoms with Crippen LogP contribution in [-0.2, 0) is 6.54 Å². The Hall–Kier alpha value is -2.95. The molecular weight excluding hydrogens is 288 g/mol. The molecule has 0 radical (unpaired) electrons. The molecule has 0 saturated carbocycles. The average Bonchev–Trinajstić information content (AvgIpc) is 2.84. The molecule has 114 valence electrons. The molecule has 0 saturated heterocycles. The fourth-order valence-corrected chi connectivity index (χ4v) is 2.90. The molecule has 23 heavy (non-hydrogen) atoms. The van der Waals surface area contributed by atoms with Gasteiger partial charge in [0.1, 0.15) is 11.5 Å². The van der Waals surface area contributed by atoms with E-state index in [-0.39, 0.29) is 5.56 Å². The van der Waals surface area contributed by atoms with E-state index in [0.717, 1.165) is 28.1 Å². The normalized spacial score (nSPS) is 11.4. The van der Waals surface area contributed by atoms with E-state index in [2.05, 4.69) is 14.5 Å². The van der Waals surface area contributed by atoms with Crippen molar-refractivity contribution in [3.05, 3.63) is 76.1 Å². The van der Waals surface area contributed by atoms with Crippen molar-refractivity contribution < 1.29 is 0 Å². The predicted octanol–water partition coefficient (Wildman–Crippen LogP) is 2.71. The van der Waals surface area contributed by atoms with Gasteiger partial charge in [-0.1, -0.05) is 18.2 Å². The van der Waals surface area contributed by atoms with E-state index in [1.807, 2.05) is 56.4 Å². The molecule has 1 aromatic carbocycles. The van der Waals surface area contributed by atoms with Gasteiger partial charge in [0.2, 0.25) is 0 Å². The zero-order valence-electron chi connectivity index (χ0n) is 13.0. The number of aromatic nitrogens is 4. The molecule has 0 amide bonds. The van der Waals surface area contributed by atoms with Crippen LogP contribution < -0.4 is 5.56 Å². The fraction of sp³-hybridized carbons (Fsp3) is 0.167. The lowest BCUT2D eigenvalue weighted by atomic mass is 10.3. The fourth-order valence-electron chi connectivity index (χ4n) is 2.90. The SMILES string of the molecule is Cc1ccc2nc(Cn3c(C)nc4ccccc43)cc(=O)n2c1. The first-order valence-corrected chi connectivity index (χ1v) is 7.53. The summed E-state index contributed by atoms with van der Waals surface area (Å²) in [5.41, 5.74) is 4.39. The highest BCUT2D eigenvalue weighted by Crippen LogP contribution is 2.16. The van der Waals surface area contributed by atoms with E-state index >= 15 is 0 Å². The Bertz CT molecular complexity index is 1090. The molecule has 5 nitrogen and oxygen atoms in total. The van der Waals surface area contributed by atoms with Crippen LogP contribution >= 0.6 is 0 Å². The number of fused-ring (bicyclic) bond motifs is 2. The maximum Gasteiger partial charge on any atom is 0.258 e. The summed E-state index contributed by atoms with van der Waals surface area (Å²) in [5, 5.41) is 0. The van der Waals surface area contributed by atoms with Crippen molar-refractivity contribution in [1.29, 1.82) is 0 Å².